The van der Waals surface area contributed by atoms with Crippen LogP contribution in [0, 0.1) is 11.8 Å². The zero-order chi connectivity index (χ0) is 21.6. The molecule has 2 saturated heterocycles. The normalized spacial score (nSPS) is 22.5. The highest BCUT2D eigenvalue weighted by Crippen LogP contribution is 2.30. The zero-order valence-corrected chi connectivity index (χ0v) is 17.7. The molecule has 4 heterocycles. The van der Waals surface area contributed by atoms with E-state index in [9.17, 15) is 14.7 Å². The summed E-state index contributed by atoms with van der Waals surface area (Å²) in [7, 11) is 0. The Balaban J connectivity index is 1.32. The van der Waals surface area contributed by atoms with Crippen molar-refractivity contribution in [2.45, 2.75) is 19.3 Å². The first-order valence-corrected chi connectivity index (χ1v) is 11.0. The fraction of sp³-hybridized carbons (Fsp3) is 0.522. The predicted molar refractivity (Wildman–Crippen MR) is 116 cm³/mol. The predicted octanol–water partition coefficient (Wildman–Crippen LogP) is 2.44. The number of aromatic nitrogens is 1. The van der Waals surface area contributed by atoms with E-state index in [0.717, 1.165) is 51.4 Å². The molecule has 0 spiro atoms. The number of carbonyl (C=O) groups excluding carboxylic acids is 1. The summed E-state index contributed by atoms with van der Waals surface area (Å²) < 4.78 is 5.27. The van der Waals surface area contributed by atoms with Crippen molar-refractivity contribution in [3.05, 3.63) is 48.6 Å². The summed E-state index contributed by atoms with van der Waals surface area (Å²) in [5.74, 6) is 0.784. The topological polar surface area (TPSA) is 90.1 Å². The Kier molecular flexibility index (Phi) is 6.86. The quantitative estimate of drug-likeness (QED) is 0.727. The van der Waals surface area contributed by atoms with Gasteiger partial charge in [-0.15, -0.1) is 0 Å². The van der Waals surface area contributed by atoms with Crippen molar-refractivity contribution < 1.29 is 19.1 Å². The first-order valence-electron chi connectivity index (χ1n) is 11.0. The van der Waals surface area contributed by atoms with Gasteiger partial charge in [-0.2, -0.15) is 0 Å². The number of rotatable bonds is 7. The van der Waals surface area contributed by atoms with E-state index in [4.69, 9.17) is 4.42 Å². The van der Waals surface area contributed by atoms with Gasteiger partial charge >= 0.3 is 5.97 Å². The van der Waals surface area contributed by atoms with E-state index in [1.165, 1.54) is 6.26 Å². The first-order chi connectivity index (χ1) is 15.1. The van der Waals surface area contributed by atoms with E-state index < -0.39 is 5.97 Å². The molecule has 2 aromatic rings. The molecule has 1 N–H and O–H groups in total. The molecule has 166 valence electrons. The van der Waals surface area contributed by atoms with Crippen LogP contribution in [0.4, 0.5) is 5.82 Å². The monoisotopic (exact) mass is 426 g/mol. The van der Waals surface area contributed by atoms with E-state index in [0.29, 0.717) is 18.8 Å². The molecular weight excluding hydrogens is 396 g/mol. The van der Waals surface area contributed by atoms with Gasteiger partial charge in [-0.3, -0.25) is 14.5 Å². The molecule has 2 aromatic heterocycles. The third-order valence-electron chi connectivity index (χ3n) is 6.51. The Morgan fingerprint density at radius 2 is 1.90 bits per heavy atom. The van der Waals surface area contributed by atoms with Crippen LogP contribution in [0.3, 0.4) is 0 Å². The molecule has 0 bridgehead atoms. The number of piperazine rings is 1. The van der Waals surface area contributed by atoms with Gasteiger partial charge in [0.1, 0.15) is 5.82 Å². The van der Waals surface area contributed by atoms with Crippen LogP contribution >= 0.6 is 0 Å². The van der Waals surface area contributed by atoms with Gasteiger partial charge in [0.25, 0.3) is 5.91 Å². The second-order valence-corrected chi connectivity index (χ2v) is 8.44. The molecular formula is C23H30N4O4. The van der Waals surface area contributed by atoms with Gasteiger partial charge in [0.2, 0.25) is 0 Å². The van der Waals surface area contributed by atoms with Crippen molar-refractivity contribution in [3.8, 4) is 0 Å². The lowest BCUT2D eigenvalue weighted by atomic mass is 9.81. The number of amides is 1. The van der Waals surface area contributed by atoms with E-state index >= 15 is 0 Å². The molecule has 4 rings (SSSR count). The van der Waals surface area contributed by atoms with Crippen LogP contribution in [0.15, 0.2) is 47.2 Å². The second-order valence-electron chi connectivity index (χ2n) is 8.44. The zero-order valence-electron chi connectivity index (χ0n) is 17.7. The number of likely N-dealkylation sites (tertiary alicyclic amines) is 1. The standard InChI is InChI=1S/C23H30N4O4/c28-22(29)16-18-7-10-27(23(30)20-4-3-15-31-20)17-19(18)6-9-25-11-13-26(14-12-25)21-5-1-2-8-24-21/h1-5,8,15,18-19H,6-7,9-14,16-17H2,(H,28,29)/t18-,19+/m0/s1. The third-order valence-corrected chi connectivity index (χ3v) is 6.51. The highest BCUT2D eigenvalue weighted by molar-refractivity contribution is 5.91. The minimum absolute atomic E-state index is 0.104. The average Bonchev–Trinajstić information content (AvgIpc) is 3.33. The minimum atomic E-state index is -0.759. The summed E-state index contributed by atoms with van der Waals surface area (Å²) in [6, 6.07) is 9.38. The molecule has 8 heteroatoms. The Bertz CT molecular complexity index is 850. The molecule has 2 aliphatic heterocycles. The summed E-state index contributed by atoms with van der Waals surface area (Å²) >= 11 is 0. The SMILES string of the molecule is O=C(O)C[C@@H]1CCN(C(=O)c2ccco2)C[C@H]1CCN1CCN(c2ccccn2)CC1. The fourth-order valence-corrected chi connectivity index (χ4v) is 4.73. The van der Waals surface area contributed by atoms with E-state index in [1.807, 2.05) is 29.3 Å². The number of aliphatic carboxylic acids is 1. The first kappa shape index (κ1) is 21.4. The number of hydrogen-bond acceptors (Lipinski definition) is 6. The lowest BCUT2D eigenvalue weighted by Crippen LogP contribution is -2.48. The molecule has 2 fully saturated rings. The van der Waals surface area contributed by atoms with Crippen molar-refractivity contribution in [2.75, 3.05) is 50.7 Å². The number of carboxylic acid groups (broad SMARTS) is 1. The molecule has 0 aliphatic carbocycles. The Labute approximate surface area is 182 Å². The van der Waals surface area contributed by atoms with Crippen LogP contribution in [0.2, 0.25) is 0 Å². The highest BCUT2D eigenvalue weighted by atomic mass is 16.4. The number of nitrogens with zero attached hydrogens (tertiary/aromatic N) is 4. The van der Waals surface area contributed by atoms with Crippen LogP contribution in [-0.2, 0) is 4.79 Å². The lowest BCUT2D eigenvalue weighted by molar-refractivity contribution is -0.139. The highest BCUT2D eigenvalue weighted by Gasteiger charge is 2.34. The summed E-state index contributed by atoms with van der Waals surface area (Å²) in [4.78, 5) is 35.1. The van der Waals surface area contributed by atoms with Gasteiger partial charge in [-0.25, -0.2) is 4.98 Å². The van der Waals surface area contributed by atoms with Gasteiger partial charge in [0, 0.05) is 51.9 Å². The maximum atomic E-state index is 12.7. The van der Waals surface area contributed by atoms with Crippen molar-refractivity contribution in [1.29, 1.82) is 0 Å². The van der Waals surface area contributed by atoms with Crippen molar-refractivity contribution in [1.82, 2.24) is 14.8 Å². The molecule has 0 unspecified atom stereocenters. The van der Waals surface area contributed by atoms with E-state index in [2.05, 4.69) is 14.8 Å². The number of anilines is 1. The van der Waals surface area contributed by atoms with Crippen molar-refractivity contribution in [3.63, 3.8) is 0 Å². The number of carboxylic acids is 1. The molecule has 8 nitrogen and oxygen atoms in total. The van der Waals surface area contributed by atoms with Gasteiger partial charge in [-0.1, -0.05) is 6.07 Å². The maximum Gasteiger partial charge on any atom is 0.303 e. The number of hydrogen-bond donors (Lipinski definition) is 1. The average molecular weight is 427 g/mol. The minimum Gasteiger partial charge on any atom is -0.481 e. The molecule has 0 aromatic carbocycles. The maximum absolute atomic E-state index is 12.7. The fourth-order valence-electron chi connectivity index (χ4n) is 4.73. The van der Waals surface area contributed by atoms with Gasteiger partial charge in [-0.05, 0) is 55.5 Å². The van der Waals surface area contributed by atoms with Crippen LogP contribution in [-0.4, -0.2) is 77.6 Å². The summed E-state index contributed by atoms with van der Waals surface area (Å²) in [5.41, 5.74) is 0. The number of furan rings is 1. The van der Waals surface area contributed by atoms with Crippen LogP contribution < -0.4 is 4.90 Å². The molecule has 31 heavy (non-hydrogen) atoms. The summed E-state index contributed by atoms with van der Waals surface area (Å²) in [6.07, 6.45) is 5.11. The molecule has 0 radical (unpaired) electrons. The number of carbonyl (C=O) groups is 2. The molecule has 1 amide bonds. The van der Waals surface area contributed by atoms with Crippen molar-refractivity contribution >= 4 is 17.7 Å². The van der Waals surface area contributed by atoms with E-state index in [-0.39, 0.29) is 24.2 Å². The Morgan fingerprint density at radius 1 is 1.06 bits per heavy atom. The lowest BCUT2D eigenvalue weighted by Gasteiger charge is -2.40. The third kappa shape index (κ3) is 5.44. The van der Waals surface area contributed by atoms with E-state index in [1.54, 1.807) is 12.1 Å². The van der Waals surface area contributed by atoms with Crippen LogP contribution in [0.5, 0.6) is 0 Å². The summed E-state index contributed by atoms with van der Waals surface area (Å²) in [5, 5.41) is 9.35. The molecule has 2 atom stereocenters. The Hall–Kier alpha value is -2.87. The van der Waals surface area contributed by atoms with Gasteiger partial charge in [0.05, 0.1) is 6.26 Å². The number of piperidine rings is 1. The summed E-state index contributed by atoms with van der Waals surface area (Å²) in [6.45, 7) is 5.87. The van der Waals surface area contributed by atoms with Crippen molar-refractivity contribution in [2.24, 2.45) is 11.8 Å². The van der Waals surface area contributed by atoms with Gasteiger partial charge in [0.15, 0.2) is 5.76 Å². The van der Waals surface area contributed by atoms with Crippen LogP contribution in [0.25, 0.3) is 0 Å². The second kappa shape index (κ2) is 9.96. The molecule has 0 saturated carbocycles. The van der Waals surface area contributed by atoms with Gasteiger partial charge < -0.3 is 19.3 Å². The molecule has 2 aliphatic rings. The Morgan fingerprint density at radius 3 is 2.58 bits per heavy atom. The number of pyridine rings is 1. The van der Waals surface area contributed by atoms with Crippen LogP contribution in [0.1, 0.15) is 29.8 Å². The largest absolute Gasteiger partial charge is 0.481 e. The smallest absolute Gasteiger partial charge is 0.303 e.